The quantitative estimate of drug-likeness (QED) is 0.129. The van der Waals surface area contributed by atoms with Crippen LogP contribution in [-0.4, -0.2) is 0 Å². The normalized spacial score (nSPS) is 13.6. The Labute approximate surface area is 333 Å². The summed E-state index contributed by atoms with van der Waals surface area (Å²) in [6, 6.07) is 39.8. The summed E-state index contributed by atoms with van der Waals surface area (Å²) in [6.45, 7) is 19.5. The van der Waals surface area contributed by atoms with Gasteiger partial charge in [0, 0.05) is 40.2 Å². The minimum atomic E-state index is 0.848. The van der Waals surface area contributed by atoms with Crippen molar-refractivity contribution in [2.24, 2.45) is 0 Å². The van der Waals surface area contributed by atoms with Crippen LogP contribution < -0.4 is 9.75 Å². The topological polar surface area (TPSA) is 0 Å². The van der Waals surface area contributed by atoms with Gasteiger partial charge in [0.2, 0.25) is 0 Å². The van der Waals surface area contributed by atoms with E-state index in [2.05, 4.69) is 180 Å². The van der Waals surface area contributed by atoms with Crippen molar-refractivity contribution < 1.29 is 0 Å². The van der Waals surface area contributed by atoms with Crippen LogP contribution in [0.5, 0.6) is 0 Å². The number of thiophene rings is 2. The molecule has 0 unspecified atom stereocenters. The van der Waals surface area contributed by atoms with E-state index in [0.29, 0.717) is 0 Å². The number of rotatable bonds is 9. The Bertz CT molecular complexity index is 2950. The molecule has 0 nitrogen and oxygen atoms in total. The number of benzene rings is 4. The van der Waals surface area contributed by atoms with E-state index in [-0.39, 0.29) is 0 Å². The summed E-state index contributed by atoms with van der Waals surface area (Å²) in [5.41, 5.74) is 7.88. The van der Waals surface area contributed by atoms with E-state index < -0.39 is 0 Å². The zero-order valence-corrected chi connectivity index (χ0v) is 34.2. The van der Waals surface area contributed by atoms with E-state index >= 15 is 0 Å². The van der Waals surface area contributed by atoms with E-state index in [1.807, 2.05) is 41.7 Å². The lowest BCUT2D eigenvalue weighted by Crippen LogP contribution is -2.17. The van der Waals surface area contributed by atoms with Crippen molar-refractivity contribution in [1.29, 1.82) is 0 Å². The van der Waals surface area contributed by atoms with E-state index in [1.54, 1.807) is 0 Å². The number of hydrogen-bond donors (Lipinski definition) is 0. The van der Waals surface area contributed by atoms with E-state index in [0.717, 1.165) is 40.5 Å². The van der Waals surface area contributed by atoms with Crippen LogP contribution in [0.3, 0.4) is 0 Å². The Morgan fingerprint density at radius 3 is 2.07 bits per heavy atom. The molecule has 0 N–H and O–H groups in total. The van der Waals surface area contributed by atoms with Gasteiger partial charge < -0.3 is 0 Å². The second-order valence-electron chi connectivity index (χ2n) is 14.1. The summed E-state index contributed by atoms with van der Waals surface area (Å²) in [6.07, 6.45) is 17.5. The lowest BCUT2D eigenvalue weighted by atomic mass is 9.94. The van der Waals surface area contributed by atoms with Crippen molar-refractivity contribution in [1.82, 2.24) is 0 Å². The average Bonchev–Trinajstić information content (AvgIpc) is 3.75. The smallest absolute Gasteiger partial charge is 0.0434 e. The van der Waals surface area contributed by atoms with Crippen molar-refractivity contribution in [3.8, 4) is 0 Å². The molecule has 0 bridgehead atoms. The second-order valence-corrected chi connectivity index (χ2v) is 16.2. The van der Waals surface area contributed by atoms with Crippen LogP contribution >= 0.6 is 22.7 Å². The van der Waals surface area contributed by atoms with Crippen LogP contribution in [0.25, 0.3) is 75.1 Å². The van der Waals surface area contributed by atoms with Crippen molar-refractivity contribution in [3.05, 3.63) is 190 Å². The fourth-order valence-electron chi connectivity index (χ4n) is 7.55. The van der Waals surface area contributed by atoms with Gasteiger partial charge in [-0.2, -0.15) is 0 Å². The lowest BCUT2D eigenvalue weighted by molar-refractivity contribution is 1.17. The first-order valence-corrected chi connectivity index (χ1v) is 20.8. The summed E-state index contributed by atoms with van der Waals surface area (Å²) < 4.78 is 5.40. The average molecular weight is 749 g/mol. The highest BCUT2D eigenvalue weighted by molar-refractivity contribution is 7.26. The lowest BCUT2D eigenvalue weighted by Gasteiger charge is -2.11. The van der Waals surface area contributed by atoms with Gasteiger partial charge in [-0.05, 0) is 119 Å². The van der Waals surface area contributed by atoms with E-state index in [4.69, 9.17) is 0 Å². The molecule has 2 heteroatoms. The highest BCUT2D eigenvalue weighted by Crippen LogP contribution is 2.38. The van der Waals surface area contributed by atoms with Gasteiger partial charge in [0.1, 0.15) is 0 Å². The maximum Gasteiger partial charge on any atom is 0.0434 e. The minimum Gasteiger partial charge on any atom is -0.135 e. The molecular formula is C53H48S2. The summed E-state index contributed by atoms with van der Waals surface area (Å²) in [5, 5.41) is 10.4. The molecule has 5 aromatic carbocycles. The third kappa shape index (κ3) is 7.85. The summed E-state index contributed by atoms with van der Waals surface area (Å²) in [5.74, 6) is 0. The zero-order valence-electron chi connectivity index (χ0n) is 32.6. The molecule has 0 saturated heterocycles. The number of hydrogen-bond acceptors (Lipinski definition) is 2. The predicted molar refractivity (Wildman–Crippen MR) is 251 cm³/mol. The number of fused-ring (bicyclic) bond motifs is 7. The first kappa shape index (κ1) is 37.8. The van der Waals surface area contributed by atoms with Gasteiger partial charge in [0.15, 0.2) is 0 Å². The van der Waals surface area contributed by atoms with Gasteiger partial charge in [0.05, 0.1) is 0 Å². The zero-order chi connectivity index (χ0) is 38.5. The van der Waals surface area contributed by atoms with Crippen LogP contribution in [-0.2, 0) is 0 Å². The van der Waals surface area contributed by atoms with Crippen LogP contribution in [0.15, 0.2) is 169 Å². The molecular weight excluding hydrogens is 701 g/mol. The molecule has 272 valence electrons. The maximum absolute atomic E-state index is 4.54. The van der Waals surface area contributed by atoms with Gasteiger partial charge in [-0.15, -0.1) is 22.7 Å². The SMILES string of the molecule is C=C(/C=C\C)/C(C)=C\C(=C)c1ccccccc(/C(C)=C/C(=C\CC)C/C=c2\c(=C/C)sc3c2ccc2cc4c(cc23)sc2ccccc24)c2ccccc12. The van der Waals surface area contributed by atoms with Crippen LogP contribution in [0.4, 0.5) is 0 Å². The molecule has 0 aliphatic carbocycles. The summed E-state index contributed by atoms with van der Waals surface area (Å²) in [4.78, 5) is 0. The third-order valence-electron chi connectivity index (χ3n) is 10.3. The highest BCUT2D eigenvalue weighted by Gasteiger charge is 2.12. The Morgan fingerprint density at radius 2 is 1.35 bits per heavy atom. The Balaban J connectivity index is 1.32. The van der Waals surface area contributed by atoms with Crippen molar-refractivity contribution in [3.63, 3.8) is 0 Å². The maximum atomic E-state index is 4.54. The standard InChI is InChI=1S/C53H48S2/c1-8-19-35(4)36(5)31-37(6)41-21-13-11-12-14-22-42(44-24-16-15-23-43(41)44)38(7)32-39(20-9-2)27-29-46-47-30-28-40-33-49-45-25-17-18-26-51(45)54-52(49)34-48(40)53(47)55-50(46)10-3/h8,10-26,28-34H,4,6,9,27H2,1-3,5,7H3/b12-11?,13-11?,14-12?,19-8-,21-13?,22-14?,36-31-,38-32+,39-20-,41-21?,42-22?,43-41?,44-42?,46-29-,50-10+. The number of allylic oxidation sites excluding steroid dienone is 10. The molecule has 7 aromatic rings. The monoisotopic (exact) mass is 748 g/mol. The van der Waals surface area contributed by atoms with Gasteiger partial charge in [-0.3, -0.25) is 0 Å². The Morgan fingerprint density at radius 1 is 0.655 bits per heavy atom. The van der Waals surface area contributed by atoms with Crippen LogP contribution in [0.2, 0.25) is 0 Å². The molecule has 0 radical (unpaired) electrons. The molecule has 0 fully saturated rings. The largest absolute Gasteiger partial charge is 0.135 e. The molecule has 0 aliphatic heterocycles. The van der Waals surface area contributed by atoms with Gasteiger partial charge in [-0.25, -0.2) is 0 Å². The predicted octanol–water partition coefficient (Wildman–Crippen LogP) is 15.2. The molecule has 0 atom stereocenters. The highest BCUT2D eigenvalue weighted by atomic mass is 32.1. The molecule has 0 saturated carbocycles. The summed E-state index contributed by atoms with van der Waals surface area (Å²) >= 11 is 3.81. The van der Waals surface area contributed by atoms with Gasteiger partial charge in [-0.1, -0.05) is 154 Å². The van der Waals surface area contributed by atoms with Crippen molar-refractivity contribution in [2.45, 2.75) is 47.5 Å². The summed E-state index contributed by atoms with van der Waals surface area (Å²) in [7, 11) is 0. The van der Waals surface area contributed by atoms with Crippen LogP contribution in [0, 0.1) is 0 Å². The van der Waals surface area contributed by atoms with E-state index in [1.165, 1.54) is 72.9 Å². The molecule has 7 rings (SSSR count). The third-order valence-corrected chi connectivity index (χ3v) is 12.8. The molecule has 2 heterocycles. The molecule has 0 amide bonds. The van der Waals surface area contributed by atoms with Gasteiger partial charge >= 0.3 is 0 Å². The fourth-order valence-corrected chi connectivity index (χ4v) is 9.90. The van der Waals surface area contributed by atoms with Crippen LogP contribution in [0.1, 0.15) is 58.6 Å². The minimum absolute atomic E-state index is 0.848. The molecule has 0 aliphatic rings. The molecule has 2 aromatic heterocycles. The van der Waals surface area contributed by atoms with Gasteiger partial charge in [0.25, 0.3) is 0 Å². The first-order valence-electron chi connectivity index (χ1n) is 19.2. The molecule has 0 spiro atoms. The van der Waals surface area contributed by atoms with E-state index in [9.17, 15) is 0 Å². The first-order chi connectivity index (χ1) is 26.8. The second kappa shape index (κ2) is 16.9. The Hall–Kier alpha value is -5.54. The van der Waals surface area contributed by atoms with Crippen molar-refractivity contribution in [2.75, 3.05) is 0 Å². The fraction of sp³-hybridized carbons (Fsp3) is 0.132. The Kier molecular flexibility index (Phi) is 11.6. The molecule has 55 heavy (non-hydrogen) atoms. The van der Waals surface area contributed by atoms with Crippen molar-refractivity contribution >= 4 is 97.8 Å².